The smallest absolute Gasteiger partial charge is 0.345 e. The summed E-state index contributed by atoms with van der Waals surface area (Å²) in [6, 6.07) is 18.9. The van der Waals surface area contributed by atoms with Gasteiger partial charge in [0.15, 0.2) is 11.2 Å². The van der Waals surface area contributed by atoms with E-state index in [1.54, 1.807) is 0 Å². The lowest BCUT2D eigenvalue weighted by Gasteiger charge is -2.10. The largest absolute Gasteiger partial charge is 0.506 e. The van der Waals surface area contributed by atoms with Gasteiger partial charge in [0.1, 0.15) is 5.75 Å². The number of nitrogens with zero attached hydrogens (tertiary/aromatic N) is 2. The predicted molar refractivity (Wildman–Crippen MR) is 103 cm³/mol. The molecule has 0 spiro atoms. The molecule has 0 fully saturated rings. The van der Waals surface area contributed by atoms with E-state index in [2.05, 4.69) is 4.98 Å². The number of aromatic nitrogens is 2. The topological polar surface area (TPSA) is 113 Å². The molecule has 0 atom stereocenters. The van der Waals surface area contributed by atoms with Crippen LogP contribution in [0.1, 0.15) is 10.4 Å². The second-order valence-corrected chi connectivity index (χ2v) is 6.19. The van der Waals surface area contributed by atoms with Gasteiger partial charge < -0.3 is 15.4 Å². The van der Waals surface area contributed by atoms with Gasteiger partial charge in [0.25, 0.3) is 0 Å². The van der Waals surface area contributed by atoms with Crippen LogP contribution in [0.5, 0.6) is 5.75 Å². The second-order valence-electron chi connectivity index (χ2n) is 6.19. The second kappa shape index (κ2) is 6.55. The molecule has 0 radical (unpaired) electrons. The molecule has 0 amide bonds. The van der Waals surface area contributed by atoms with Gasteiger partial charge in [-0.15, -0.1) is 4.73 Å². The van der Waals surface area contributed by atoms with E-state index in [1.807, 2.05) is 54.6 Å². The Morgan fingerprint density at radius 2 is 1.54 bits per heavy atom. The molecule has 0 bridgehead atoms. The maximum absolute atomic E-state index is 11.9. The van der Waals surface area contributed by atoms with E-state index in [9.17, 15) is 25.0 Å². The monoisotopic (exact) mass is 374 g/mol. The minimum Gasteiger partial charge on any atom is -0.506 e. The van der Waals surface area contributed by atoms with Crippen molar-refractivity contribution >= 4 is 17.0 Å². The molecule has 4 rings (SSSR count). The zero-order chi connectivity index (χ0) is 19.8. The van der Waals surface area contributed by atoms with Gasteiger partial charge >= 0.3 is 11.5 Å². The first kappa shape index (κ1) is 17.3. The average molecular weight is 374 g/mol. The zero-order valence-corrected chi connectivity index (χ0v) is 14.4. The Kier molecular flexibility index (Phi) is 4.04. The van der Waals surface area contributed by atoms with Gasteiger partial charge in [0.05, 0.1) is 5.39 Å². The van der Waals surface area contributed by atoms with E-state index in [1.165, 1.54) is 12.3 Å². The molecule has 4 aromatic rings. The van der Waals surface area contributed by atoms with Crippen molar-refractivity contribution in [1.82, 2.24) is 9.71 Å². The summed E-state index contributed by atoms with van der Waals surface area (Å²) >= 11 is 0. The summed E-state index contributed by atoms with van der Waals surface area (Å²) in [5, 5.41) is 29.4. The number of carboxylic acid groups (broad SMARTS) is 1. The van der Waals surface area contributed by atoms with E-state index in [-0.39, 0.29) is 15.8 Å². The molecule has 2 aromatic heterocycles. The number of hydrogen-bond donors (Lipinski definition) is 3. The molecular formula is C21H14N2O5. The van der Waals surface area contributed by atoms with Crippen molar-refractivity contribution in [3.05, 3.63) is 82.8 Å². The van der Waals surface area contributed by atoms with Crippen molar-refractivity contribution in [3.8, 4) is 28.0 Å². The maximum atomic E-state index is 11.9. The Hall–Kier alpha value is -4.13. The third-order valence-electron chi connectivity index (χ3n) is 4.48. The Labute approximate surface area is 158 Å². The van der Waals surface area contributed by atoms with Crippen molar-refractivity contribution in [3.63, 3.8) is 0 Å². The summed E-state index contributed by atoms with van der Waals surface area (Å²) in [5.41, 5.74) is 0.989. The van der Waals surface area contributed by atoms with E-state index in [0.717, 1.165) is 16.7 Å². The van der Waals surface area contributed by atoms with Crippen LogP contribution >= 0.6 is 0 Å². The van der Waals surface area contributed by atoms with Crippen molar-refractivity contribution in [1.29, 1.82) is 0 Å². The van der Waals surface area contributed by atoms with Crippen molar-refractivity contribution in [2.75, 3.05) is 0 Å². The van der Waals surface area contributed by atoms with Gasteiger partial charge in [-0.3, -0.25) is 4.79 Å². The summed E-state index contributed by atoms with van der Waals surface area (Å²) in [4.78, 5) is 27.3. The molecule has 0 saturated carbocycles. The van der Waals surface area contributed by atoms with Crippen LogP contribution in [0.15, 0.2) is 71.7 Å². The quantitative estimate of drug-likeness (QED) is 0.474. The highest BCUT2D eigenvalue weighted by atomic mass is 16.5. The molecule has 0 aliphatic heterocycles. The Bertz CT molecular complexity index is 1280. The minimum absolute atomic E-state index is 0.0397. The first-order valence-electron chi connectivity index (χ1n) is 8.33. The minimum atomic E-state index is -1.64. The van der Waals surface area contributed by atoms with E-state index >= 15 is 0 Å². The van der Waals surface area contributed by atoms with Crippen LogP contribution in [-0.2, 0) is 0 Å². The Morgan fingerprint density at radius 1 is 0.893 bits per heavy atom. The highest BCUT2D eigenvalue weighted by Gasteiger charge is 2.22. The predicted octanol–water partition coefficient (Wildman–Crippen LogP) is 3.37. The molecule has 3 N–H and O–H groups in total. The number of carboxylic acids is 1. The molecule has 138 valence electrons. The van der Waals surface area contributed by atoms with Crippen LogP contribution in [0.4, 0.5) is 0 Å². The van der Waals surface area contributed by atoms with Crippen LogP contribution in [0.25, 0.3) is 33.3 Å². The van der Waals surface area contributed by atoms with Crippen LogP contribution in [0, 0.1) is 0 Å². The molecule has 7 nitrogen and oxygen atoms in total. The first-order valence-corrected chi connectivity index (χ1v) is 8.33. The summed E-state index contributed by atoms with van der Waals surface area (Å²) in [7, 11) is 0. The normalized spacial score (nSPS) is 10.9. The fraction of sp³-hybridized carbons (Fsp3) is 0. The van der Waals surface area contributed by atoms with E-state index < -0.39 is 22.8 Å². The maximum Gasteiger partial charge on any atom is 0.345 e. The van der Waals surface area contributed by atoms with Gasteiger partial charge in [0, 0.05) is 11.8 Å². The van der Waals surface area contributed by atoms with Crippen LogP contribution in [-0.4, -0.2) is 31.1 Å². The molecular weight excluding hydrogens is 360 g/mol. The Morgan fingerprint density at radius 3 is 2.21 bits per heavy atom. The lowest BCUT2D eigenvalue weighted by molar-refractivity contribution is 0.0685. The van der Waals surface area contributed by atoms with Gasteiger partial charge in [-0.25, -0.2) is 9.78 Å². The number of hydrogen-bond acceptors (Lipinski definition) is 5. The number of aromatic hydroxyl groups is 1. The highest BCUT2D eigenvalue weighted by molar-refractivity contribution is 5.98. The third kappa shape index (κ3) is 2.75. The molecule has 28 heavy (non-hydrogen) atoms. The van der Waals surface area contributed by atoms with Gasteiger partial charge in [-0.1, -0.05) is 48.5 Å². The lowest BCUT2D eigenvalue weighted by Crippen LogP contribution is -2.25. The van der Waals surface area contributed by atoms with Crippen molar-refractivity contribution in [2.24, 2.45) is 0 Å². The third-order valence-corrected chi connectivity index (χ3v) is 4.48. The fourth-order valence-electron chi connectivity index (χ4n) is 3.10. The average Bonchev–Trinajstić information content (AvgIpc) is 2.72. The standard InChI is InChI=1S/C21H14N2O5/c24-18-16-10-15(11-22-19(16)23(28)20(25)17(18)21(26)27)14-8-4-7-13(9-14)12-5-2-1-3-6-12/h1-11,24,28H,(H,26,27). The van der Waals surface area contributed by atoms with Gasteiger partial charge in [0.2, 0.25) is 0 Å². The summed E-state index contributed by atoms with van der Waals surface area (Å²) < 4.78 is 0.128. The van der Waals surface area contributed by atoms with E-state index in [4.69, 9.17) is 0 Å². The molecule has 2 aromatic carbocycles. The van der Waals surface area contributed by atoms with Crippen molar-refractivity contribution < 1.29 is 20.2 Å². The molecule has 0 unspecified atom stereocenters. The summed E-state index contributed by atoms with van der Waals surface area (Å²) in [6.45, 7) is 0. The Balaban J connectivity index is 1.92. The molecule has 0 aliphatic rings. The van der Waals surface area contributed by atoms with Crippen LogP contribution in [0.3, 0.4) is 0 Å². The SMILES string of the molecule is O=C(O)c1c(O)c2cc(-c3cccc(-c4ccccc4)c3)cnc2n(O)c1=O. The number of fused-ring (bicyclic) bond motifs is 1. The number of benzene rings is 2. The summed E-state index contributed by atoms with van der Waals surface area (Å²) in [6.07, 6.45) is 1.44. The zero-order valence-electron chi connectivity index (χ0n) is 14.4. The highest BCUT2D eigenvalue weighted by Crippen LogP contribution is 2.31. The van der Waals surface area contributed by atoms with Gasteiger partial charge in [-0.2, -0.15) is 0 Å². The first-order chi connectivity index (χ1) is 13.5. The van der Waals surface area contributed by atoms with Crippen LogP contribution < -0.4 is 5.56 Å². The molecule has 0 aliphatic carbocycles. The molecule has 0 saturated heterocycles. The number of rotatable bonds is 3. The number of carbonyl (C=O) groups is 1. The van der Waals surface area contributed by atoms with Crippen LogP contribution in [0.2, 0.25) is 0 Å². The fourth-order valence-corrected chi connectivity index (χ4v) is 3.10. The molecule has 2 heterocycles. The summed E-state index contributed by atoms with van der Waals surface area (Å²) in [5.74, 6) is -2.37. The molecule has 7 heteroatoms. The lowest BCUT2D eigenvalue weighted by atomic mass is 9.99. The van der Waals surface area contributed by atoms with E-state index in [0.29, 0.717) is 5.56 Å². The van der Waals surface area contributed by atoms with Crippen molar-refractivity contribution in [2.45, 2.75) is 0 Å². The number of aromatic carboxylic acids is 1. The number of pyridine rings is 2. The van der Waals surface area contributed by atoms with Gasteiger partial charge in [-0.05, 0) is 28.8 Å².